The predicted octanol–water partition coefficient (Wildman–Crippen LogP) is 2.66. The first-order chi connectivity index (χ1) is 12.0. The number of hydrogen-bond donors (Lipinski definition) is 2. The zero-order chi connectivity index (χ0) is 17.7. The molecule has 2 aliphatic rings. The molecule has 5 nitrogen and oxygen atoms in total. The minimum atomic E-state index is -0.374. The molecule has 2 unspecified atom stereocenters. The van der Waals surface area contributed by atoms with Crippen LogP contribution in [0.2, 0.25) is 0 Å². The average Bonchev–Trinajstić information content (AvgIpc) is 3.00. The zero-order valence-corrected chi connectivity index (χ0v) is 15.3. The van der Waals surface area contributed by atoms with E-state index in [0.29, 0.717) is 30.6 Å². The molecule has 1 fully saturated rings. The molecule has 2 atom stereocenters. The van der Waals surface area contributed by atoms with E-state index in [4.69, 9.17) is 4.84 Å². The van der Waals surface area contributed by atoms with Gasteiger partial charge in [-0.1, -0.05) is 41.9 Å². The topological polar surface area (TPSA) is 62.7 Å². The number of nitrogens with one attached hydrogen (secondary N) is 2. The fourth-order valence-corrected chi connectivity index (χ4v) is 3.65. The van der Waals surface area contributed by atoms with Crippen molar-refractivity contribution in [2.75, 3.05) is 13.1 Å². The lowest BCUT2D eigenvalue weighted by Gasteiger charge is -2.31. The Morgan fingerprint density at radius 2 is 2.16 bits per heavy atom. The van der Waals surface area contributed by atoms with Gasteiger partial charge in [0.1, 0.15) is 11.3 Å². The first kappa shape index (κ1) is 17.9. The van der Waals surface area contributed by atoms with Crippen molar-refractivity contribution in [3.8, 4) is 0 Å². The summed E-state index contributed by atoms with van der Waals surface area (Å²) >= 11 is 0. The van der Waals surface area contributed by atoms with Crippen LogP contribution in [0.1, 0.15) is 45.1 Å². The minimum Gasteiger partial charge on any atom is -0.389 e. The van der Waals surface area contributed by atoms with Crippen LogP contribution in [0.5, 0.6) is 0 Å². The molecule has 0 spiro atoms. The molecule has 3 rings (SSSR count). The van der Waals surface area contributed by atoms with Gasteiger partial charge in [0.2, 0.25) is 0 Å². The van der Waals surface area contributed by atoms with Crippen LogP contribution in [0.3, 0.4) is 0 Å². The number of amides is 1. The van der Waals surface area contributed by atoms with E-state index in [1.54, 1.807) is 0 Å². The smallest absolute Gasteiger partial charge is 0.269 e. The zero-order valence-electron chi connectivity index (χ0n) is 15.3. The molecule has 136 valence electrons. The van der Waals surface area contributed by atoms with Crippen molar-refractivity contribution in [2.45, 2.75) is 57.6 Å². The van der Waals surface area contributed by atoms with E-state index < -0.39 is 0 Å². The van der Waals surface area contributed by atoms with Crippen molar-refractivity contribution in [1.82, 2.24) is 10.6 Å². The fourth-order valence-electron chi connectivity index (χ4n) is 3.65. The lowest BCUT2D eigenvalue weighted by molar-refractivity contribution is -0.115. The second-order valence-electron chi connectivity index (χ2n) is 7.78. The average molecular weight is 343 g/mol. The van der Waals surface area contributed by atoms with E-state index in [0.717, 1.165) is 13.0 Å². The van der Waals surface area contributed by atoms with Crippen molar-refractivity contribution in [1.29, 1.82) is 0 Å². The summed E-state index contributed by atoms with van der Waals surface area (Å²) in [5.74, 6) is 0.280. The third kappa shape index (κ3) is 5.05. The van der Waals surface area contributed by atoms with E-state index >= 15 is 0 Å². The molecule has 2 N–H and O–H groups in total. The molecule has 0 bridgehead atoms. The summed E-state index contributed by atoms with van der Waals surface area (Å²) in [6.45, 7) is 5.62. The summed E-state index contributed by atoms with van der Waals surface area (Å²) in [6.07, 6.45) is 5.19. The molecule has 1 saturated heterocycles. The number of piperidine rings is 1. The molecular formula is C20H29N3O2. The number of benzene rings is 1. The van der Waals surface area contributed by atoms with Gasteiger partial charge in [-0.15, -0.1) is 0 Å². The first-order valence-corrected chi connectivity index (χ1v) is 9.34. The van der Waals surface area contributed by atoms with Gasteiger partial charge in [0, 0.05) is 19.0 Å². The van der Waals surface area contributed by atoms with Gasteiger partial charge >= 0.3 is 0 Å². The number of hydrogen-bond acceptors (Lipinski definition) is 4. The molecule has 25 heavy (non-hydrogen) atoms. The van der Waals surface area contributed by atoms with Gasteiger partial charge < -0.3 is 15.5 Å². The van der Waals surface area contributed by atoms with Crippen molar-refractivity contribution in [3.05, 3.63) is 35.9 Å². The standard InChI is InChI=1S/C20H29N3O2/c1-20(2)13-18(23-25-20)19(24)22-14-16(17-10-6-7-11-21-17)12-15-8-4-3-5-9-15/h3-5,8-9,16-17,21H,6-7,10-14H2,1-2H3,(H,22,24). The Morgan fingerprint density at radius 3 is 2.80 bits per heavy atom. The van der Waals surface area contributed by atoms with Gasteiger partial charge in [-0.05, 0) is 51.1 Å². The highest BCUT2D eigenvalue weighted by Crippen LogP contribution is 2.23. The normalized spacial score (nSPS) is 23.4. The Bertz CT molecular complexity index is 607. The van der Waals surface area contributed by atoms with Gasteiger partial charge in [-0.25, -0.2) is 0 Å². The van der Waals surface area contributed by atoms with Crippen LogP contribution in [0, 0.1) is 5.92 Å². The van der Waals surface area contributed by atoms with E-state index in [1.807, 2.05) is 19.9 Å². The number of carbonyl (C=O) groups is 1. The molecule has 0 aromatic heterocycles. The van der Waals surface area contributed by atoms with Crippen LogP contribution in [0.4, 0.5) is 0 Å². The van der Waals surface area contributed by atoms with Gasteiger partial charge in [0.05, 0.1) is 0 Å². The molecule has 5 heteroatoms. The molecule has 1 aromatic carbocycles. The molecule has 0 radical (unpaired) electrons. The fraction of sp³-hybridized carbons (Fsp3) is 0.600. The van der Waals surface area contributed by atoms with Gasteiger partial charge in [-0.2, -0.15) is 0 Å². The maximum atomic E-state index is 12.4. The summed E-state index contributed by atoms with van der Waals surface area (Å²) in [5.41, 5.74) is 1.44. The molecule has 2 aliphatic heterocycles. The Hall–Kier alpha value is -1.88. The van der Waals surface area contributed by atoms with Crippen LogP contribution in [-0.4, -0.2) is 36.4 Å². The van der Waals surface area contributed by atoms with E-state index in [9.17, 15) is 4.79 Å². The molecule has 2 heterocycles. The van der Waals surface area contributed by atoms with Crippen molar-refractivity contribution in [3.63, 3.8) is 0 Å². The third-order valence-corrected chi connectivity index (χ3v) is 5.04. The Kier molecular flexibility index (Phi) is 5.74. The van der Waals surface area contributed by atoms with E-state index in [-0.39, 0.29) is 11.5 Å². The maximum Gasteiger partial charge on any atom is 0.269 e. The van der Waals surface area contributed by atoms with Crippen LogP contribution in [-0.2, 0) is 16.1 Å². The lowest BCUT2D eigenvalue weighted by atomic mass is 9.87. The maximum absolute atomic E-state index is 12.4. The second kappa shape index (κ2) is 8.00. The number of oxime groups is 1. The minimum absolute atomic E-state index is 0.0977. The van der Waals surface area contributed by atoms with Crippen LogP contribution >= 0.6 is 0 Å². The summed E-state index contributed by atoms with van der Waals surface area (Å²) in [5, 5.41) is 10.7. The quantitative estimate of drug-likeness (QED) is 0.835. The highest BCUT2D eigenvalue weighted by Gasteiger charge is 2.33. The van der Waals surface area contributed by atoms with Gasteiger partial charge in [-0.3, -0.25) is 4.79 Å². The van der Waals surface area contributed by atoms with Gasteiger partial charge in [0.15, 0.2) is 0 Å². The third-order valence-electron chi connectivity index (χ3n) is 5.04. The monoisotopic (exact) mass is 343 g/mol. The Balaban J connectivity index is 1.60. The van der Waals surface area contributed by atoms with Crippen LogP contribution in [0.25, 0.3) is 0 Å². The first-order valence-electron chi connectivity index (χ1n) is 9.34. The summed E-state index contributed by atoms with van der Waals surface area (Å²) < 4.78 is 0. The molecule has 0 saturated carbocycles. The molecule has 1 aromatic rings. The van der Waals surface area contributed by atoms with Crippen molar-refractivity contribution in [2.24, 2.45) is 11.1 Å². The predicted molar refractivity (Wildman–Crippen MR) is 99.5 cm³/mol. The van der Waals surface area contributed by atoms with Crippen LogP contribution < -0.4 is 10.6 Å². The Labute approximate surface area is 150 Å². The molecular weight excluding hydrogens is 314 g/mol. The molecule has 0 aliphatic carbocycles. The van der Waals surface area contributed by atoms with Crippen molar-refractivity contribution >= 4 is 11.6 Å². The van der Waals surface area contributed by atoms with Crippen LogP contribution in [0.15, 0.2) is 35.5 Å². The number of nitrogens with zero attached hydrogens (tertiary/aromatic N) is 1. The SMILES string of the molecule is CC1(C)CC(C(=O)NCC(Cc2ccccc2)C2CCCCN2)=NO1. The summed E-state index contributed by atoms with van der Waals surface area (Å²) in [6, 6.07) is 11.0. The largest absolute Gasteiger partial charge is 0.389 e. The highest BCUT2D eigenvalue weighted by atomic mass is 16.7. The Morgan fingerprint density at radius 1 is 1.36 bits per heavy atom. The number of carbonyl (C=O) groups excluding carboxylic acids is 1. The summed E-state index contributed by atoms with van der Waals surface area (Å²) in [4.78, 5) is 17.7. The molecule has 1 amide bonds. The lowest BCUT2D eigenvalue weighted by Crippen LogP contribution is -2.46. The number of rotatable bonds is 6. The van der Waals surface area contributed by atoms with E-state index in [1.165, 1.54) is 24.8 Å². The highest BCUT2D eigenvalue weighted by molar-refractivity contribution is 6.39. The van der Waals surface area contributed by atoms with Gasteiger partial charge in [0.25, 0.3) is 5.91 Å². The van der Waals surface area contributed by atoms with E-state index in [2.05, 4.69) is 40.1 Å². The second-order valence-corrected chi connectivity index (χ2v) is 7.78. The van der Waals surface area contributed by atoms with Crippen molar-refractivity contribution < 1.29 is 9.63 Å². The summed E-state index contributed by atoms with van der Waals surface area (Å²) in [7, 11) is 0.